The molecule has 3 aromatic heterocycles. The van der Waals surface area contributed by atoms with E-state index in [0.717, 1.165) is 17.4 Å². The molecule has 25 heavy (non-hydrogen) atoms. The van der Waals surface area contributed by atoms with E-state index >= 15 is 0 Å². The van der Waals surface area contributed by atoms with Crippen LogP contribution in [0.4, 0.5) is 5.82 Å². The third kappa shape index (κ3) is 4.49. The fourth-order valence-electron chi connectivity index (χ4n) is 2.17. The molecule has 0 radical (unpaired) electrons. The summed E-state index contributed by atoms with van der Waals surface area (Å²) in [6, 6.07) is 7.22. The molecule has 0 aliphatic carbocycles. The van der Waals surface area contributed by atoms with Gasteiger partial charge in [-0.2, -0.15) is 0 Å². The monoisotopic (exact) mass is 421 g/mol. The quantitative estimate of drug-likeness (QED) is 0.583. The van der Waals surface area contributed by atoms with Gasteiger partial charge in [0.25, 0.3) is 0 Å². The Morgan fingerprint density at radius 3 is 2.92 bits per heavy atom. The number of thioether (sulfide) groups is 1. The van der Waals surface area contributed by atoms with Crippen LogP contribution in [0.25, 0.3) is 11.6 Å². The number of carbonyl (C=O) groups excluding carboxylic acids is 1. The van der Waals surface area contributed by atoms with Crippen molar-refractivity contribution in [1.29, 1.82) is 0 Å². The molecule has 0 aliphatic heterocycles. The van der Waals surface area contributed by atoms with Gasteiger partial charge in [0.2, 0.25) is 5.91 Å². The van der Waals surface area contributed by atoms with Gasteiger partial charge in [-0.05, 0) is 46.6 Å². The lowest BCUT2D eigenvalue weighted by Crippen LogP contribution is -2.15. The molecule has 1 N–H and O–H groups in total. The molecule has 0 atom stereocenters. The zero-order chi connectivity index (χ0) is 17.6. The first-order valence-electron chi connectivity index (χ1n) is 7.68. The Labute approximate surface area is 157 Å². The van der Waals surface area contributed by atoms with E-state index in [1.54, 1.807) is 18.5 Å². The standard InChI is InChI=1S/C16H16BrN5O2S/c1-2-7-22-15(12-4-3-8-24-12)20-21-16(22)25-10-14(23)19-13-6-5-11(17)9-18-13/h3-6,8-9H,2,7,10H2,1H3,(H,18,19,23). The molecule has 3 heterocycles. The summed E-state index contributed by atoms with van der Waals surface area (Å²) < 4.78 is 8.24. The van der Waals surface area contributed by atoms with Gasteiger partial charge < -0.3 is 9.73 Å². The van der Waals surface area contributed by atoms with Crippen molar-refractivity contribution >= 4 is 39.4 Å². The molecule has 0 fully saturated rings. The lowest BCUT2D eigenvalue weighted by Gasteiger charge is -2.07. The Kier molecular flexibility index (Phi) is 5.87. The van der Waals surface area contributed by atoms with Crippen LogP contribution in [0.2, 0.25) is 0 Å². The van der Waals surface area contributed by atoms with E-state index in [9.17, 15) is 4.79 Å². The highest BCUT2D eigenvalue weighted by atomic mass is 79.9. The zero-order valence-electron chi connectivity index (χ0n) is 13.5. The first-order valence-corrected chi connectivity index (χ1v) is 9.46. The summed E-state index contributed by atoms with van der Waals surface area (Å²) in [6.45, 7) is 2.83. The minimum Gasteiger partial charge on any atom is -0.461 e. The maximum atomic E-state index is 12.1. The van der Waals surface area contributed by atoms with Gasteiger partial charge in [-0.25, -0.2) is 4.98 Å². The maximum Gasteiger partial charge on any atom is 0.236 e. The summed E-state index contributed by atoms with van der Waals surface area (Å²) in [5.41, 5.74) is 0. The molecular weight excluding hydrogens is 406 g/mol. The fourth-order valence-corrected chi connectivity index (χ4v) is 3.17. The Bertz CT molecular complexity index is 833. The SMILES string of the molecule is CCCn1c(SCC(=O)Nc2ccc(Br)cn2)nnc1-c1ccco1. The third-order valence-corrected chi connectivity index (χ3v) is 4.67. The normalized spacial score (nSPS) is 10.8. The van der Waals surface area contributed by atoms with Crippen LogP contribution in [0.5, 0.6) is 0 Å². The summed E-state index contributed by atoms with van der Waals surface area (Å²) in [5, 5.41) is 11.8. The van der Waals surface area contributed by atoms with E-state index in [0.29, 0.717) is 22.6 Å². The minimum atomic E-state index is -0.148. The molecule has 3 aromatic rings. The van der Waals surface area contributed by atoms with E-state index in [-0.39, 0.29) is 11.7 Å². The Morgan fingerprint density at radius 1 is 1.36 bits per heavy atom. The topological polar surface area (TPSA) is 85.8 Å². The van der Waals surface area contributed by atoms with Crippen LogP contribution in [-0.4, -0.2) is 31.4 Å². The molecule has 1 amide bonds. The number of anilines is 1. The van der Waals surface area contributed by atoms with Gasteiger partial charge in [0.15, 0.2) is 16.7 Å². The van der Waals surface area contributed by atoms with Crippen LogP contribution in [0.1, 0.15) is 13.3 Å². The van der Waals surface area contributed by atoms with E-state index in [2.05, 4.69) is 43.4 Å². The second-order valence-corrected chi connectivity index (χ2v) is 6.99. The van der Waals surface area contributed by atoms with E-state index in [4.69, 9.17) is 4.42 Å². The number of halogens is 1. The summed E-state index contributed by atoms with van der Waals surface area (Å²) in [6.07, 6.45) is 4.16. The van der Waals surface area contributed by atoms with Crippen molar-refractivity contribution in [1.82, 2.24) is 19.7 Å². The van der Waals surface area contributed by atoms with Crippen LogP contribution in [-0.2, 0) is 11.3 Å². The highest BCUT2D eigenvalue weighted by Gasteiger charge is 2.17. The zero-order valence-corrected chi connectivity index (χ0v) is 15.9. The number of furan rings is 1. The lowest BCUT2D eigenvalue weighted by atomic mass is 10.4. The van der Waals surface area contributed by atoms with E-state index < -0.39 is 0 Å². The van der Waals surface area contributed by atoms with Crippen LogP contribution in [0, 0.1) is 0 Å². The van der Waals surface area contributed by atoms with Gasteiger partial charge in [-0.3, -0.25) is 9.36 Å². The van der Waals surface area contributed by atoms with Gasteiger partial charge in [0.05, 0.1) is 12.0 Å². The van der Waals surface area contributed by atoms with Crippen molar-refractivity contribution in [2.45, 2.75) is 25.0 Å². The lowest BCUT2D eigenvalue weighted by molar-refractivity contribution is -0.113. The molecule has 0 aromatic carbocycles. The fraction of sp³-hybridized carbons (Fsp3) is 0.250. The molecule has 0 spiro atoms. The van der Waals surface area contributed by atoms with Crippen molar-refractivity contribution in [3.8, 4) is 11.6 Å². The van der Waals surface area contributed by atoms with Crippen LogP contribution >= 0.6 is 27.7 Å². The highest BCUT2D eigenvalue weighted by Crippen LogP contribution is 2.24. The number of hydrogen-bond acceptors (Lipinski definition) is 6. The summed E-state index contributed by atoms with van der Waals surface area (Å²) >= 11 is 4.64. The molecular formula is C16H16BrN5O2S. The number of nitrogens with one attached hydrogen (secondary N) is 1. The molecule has 0 bridgehead atoms. The van der Waals surface area contributed by atoms with Crippen LogP contribution in [0.3, 0.4) is 0 Å². The van der Waals surface area contributed by atoms with Gasteiger partial charge >= 0.3 is 0 Å². The van der Waals surface area contributed by atoms with Crippen molar-refractivity contribution in [3.63, 3.8) is 0 Å². The minimum absolute atomic E-state index is 0.148. The number of pyridine rings is 1. The summed E-state index contributed by atoms with van der Waals surface area (Å²) in [7, 11) is 0. The van der Waals surface area contributed by atoms with Crippen molar-refractivity contribution in [2.75, 3.05) is 11.1 Å². The average Bonchev–Trinajstić information content (AvgIpc) is 3.25. The van der Waals surface area contributed by atoms with Crippen molar-refractivity contribution in [2.24, 2.45) is 0 Å². The highest BCUT2D eigenvalue weighted by molar-refractivity contribution is 9.10. The predicted molar refractivity (Wildman–Crippen MR) is 99.3 cm³/mol. The maximum absolute atomic E-state index is 12.1. The first kappa shape index (κ1) is 17.7. The van der Waals surface area contributed by atoms with Crippen LogP contribution < -0.4 is 5.32 Å². The molecule has 0 saturated heterocycles. The van der Waals surface area contributed by atoms with E-state index in [1.807, 2.05) is 22.8 Å². The molecule has 0 aliphatic rings. The number of nitrogens with zero attached hydrogens (tertiary/aromatic N) is 4. The smallest absolute Gasteiger partial charge is 0.236 e. The number of aromatic nitrogens is 4. The number of carbonyl (C=O) groups is 1. The van der Waals surface area contributed by atoms with E-state index in [1.165, 1.54) is 11.8 Å². The molecule has 0 unspecified atom stereocenters. The van der Waals surface area contributed by atoms with Gasteiger partial charge in [-0.1, -0.05) is 18.7 Å². The largest absolute Gasteiger partial charge is 0.461 e. The molecule has 9 heteroatoms. The summed E-state index contributed by atoms with van der Waals surface area (Å²) in [5.74, 6) is 1.92. The Balaban J connectivity index is 1.66. The Hall–Kier alpha value is -2.13. The third-order valence-electron chi connectivity index (χ3n) is 3.23. The average molecular weight is 422 g/mol. The first-order chi connectivity index (χ1) is 12.2. The summed E-state index contributed by atoms with van der Waals surface area (Å²) in [4.78, 5) is 16.2. The number of amides is 1. The number of hydrogen-bond donors (Lipinski definition) is 1. The van der Waals surface area contributed by atoms with Crippen molar-refractivity contribution in [3.05, 3.63) is 41.2 Å². The predicted octanol–water partition coefficient (Wildman–Crippen LogP) is 3.84. The van der Waals surface area contributed by atoms with Crippen molar-refractivity contribution < 1.29 is 9.21 Å². The molecule has 7 nitrogen and oxygen atoms in total. The van der Waals surface area contributed by atoms with Gasteiger partial charge in [0.1, 0.15) is 5.82 Å². The molecule has 3 rings (SSSR count). The Morgan fingerprint density at radius 2 is 2.24 bits per heavy atom. The molecule has 130 valence electrons. The van der Waals surface area contributed by atoms with Gasteiger partial charge in [-0.15, -0.1) is 10.2 Å². The van der Waals surface area contributed by atoms with Gasteiger partial charge in [0, 0.05) is 17.2 Å². The van der Waals surface area contributed by atoms with Crippen LogP contribution in [0.15, 0.2) is 50.8 Å². The second-order valence-electron chi connectivity index (χ2n) is 5.13. The molecule has 0 saturated carbocycles. The second kappa shape index (κ2) is 8.30. The number of rotatable bonds is 7.